The SMILES string of the molecule is COC(=O)c1noc(-c2cccc([N+](=O)[O-])c2)n1. The van der Waals surface area contributed by atoms with Crippen molar-refractivity contribution in [2.24, 2.45) is 0 Å². The van der Waals surface area contributed by atoms with Crippen molar-refractivity contribution in [1.29, 1.82) is 0 Å². The minimum absolute atomic E-state index is 0.0131. The van der Waals surface area contributed by atoms with E-state index in [1.807, 2.05) is 0 Å². The zero-order chi connectivity index (χ0) is 13.1. The van der Waals surface area contributed by atoms with E-state index in [1.54, 1.807) is 6.07 Å². The lowest BCUT2D eigenvalue weighted by Gasteiger charge is -1.94. The molecule has 0 radical (unpaired) electrons. The van der Waals surface area contributed by atoms with E-state index in [2.05, 4.69) is 14.9 Å². The molecule has 8 nitrogen and oxygen atoms in total. The minimum atomic E-state index is -0.740. The van der Waals surface area contributed by atoms with Crippen LogP contribution < -0.4 is 0 Å². The predicted molar refractivity (Wildman–Crippen MR) is 57.7 cm³/mol. The van der Waals surface area contributed by atoms with Crippen molar-refractivity contribution < 1.29 is 19.0 Å². The van der Waals surface area contributed by atoms with Gasteiger partial charge in [0.25, 0.3) is 17.4 Å². The van der Waals surface area contributed by atoms with E-state index < -0.39 is 10.9 Å². The van der Waals surface area contributed by atoms with E-state index in [0.717, 1.165) is 0 Å². The summed E-state index contributed by atoms with van der Waals surface area (Å²) >= 11 is 0. The predicted octanol–water partition coefficient (Wildman–Crippen LogP) is 1.43. The molecule has 2 rings (SSSR count). The van der Waals surface area contributed by atoms with Gasteiger partial charge in [-0.1, -0.05) is 6.07 Å². The third kappa shape index (κ3) is 2.17. The Balaban J connectivity index is 2.37. The maximum Gasteiger partial charge on any atom is 0.379 e. The number of nitro benzene ring substituents is 1. The molecule has 0 fully saturated rings. The molecular weight excluding hydrogens is 242 g/mol. The molecule has 0 amide bonds. The zero-order valence-corrected chi connectivity index (χ0v) is 9.19. The number of aromatic nitrogens is 2. The van der Waals surface area contributed by atoms with Crippen molar-refractivity contribution in [3.63, 3.8) is 0 Å². The van der Waals surface area contributed by atoms with Gasteiger partial charge in [0, 0.05) is 17.7 Å². The van der Waals surface area contributed by atoms with E-state index in [0.29, 0.717) is 5.56 Å². The molecule has 0 unspecified atom stereocenters. The number of nitrogens with zero attached hydrogens (tertiary/aromatic N) is 3. The van der Waals surface area contributed by atoms with Crippen LogP contribution in [-0.2, 0) is 4.74 Å². The van der Waals surface area contributed by atoms with Gasteiger partial charge in [0.05, 0.1) is 12.0 Å². The number of carbonyl (C=O) groups is 1. The Morgan fingerprint density at radius 2 is 2.28 bits per heavy atom. The van der Waals surface area contributed by atoms with Gasteiger partial charge in [-0.2, -0.15) is 4.98 Å². The maximum atomic E-state index is 11.1. The fourth-order valence-corrected chi connectivity index (χ4v) is 1.27. The van der Waals surface area contributed by atoms with Gasteiger partial charge in [-0.05, 0) is 11.2 Å². The molecular formula is C10H7N3O5. The van der Waals surface area contributed by atoms with Crippen molar-refractivity contribution in [2.75, 3.05) is 7.11 Å². The molecule has 0 saturated heterocycles. The van der Waals surface area contributed by atoms with Gasteiger partial charge in [0.2, 0.25) is 0 Å². The molecule has 8 heteroatoms. The summed E-state index contributed by atoms with van der Waals surface area (Å²) in [6, 6.07) is 5.65. The molecule has 1 heterocycles. The van der Waals surface area contributed by atoms with Crippen LogP contribution in [-0.4, -0.2) is 28.1 Å². The topological polar surface area (TPSA) is 108 Å². The molecule has 0 bridgehead atoms. The molecule has 2 aromatic rings. The largest absolute Gasteiger partial charge is 0.463 e. The summed E-state index contributed by atoms with van der Waals surface area (Å²) in [5.74, 6) is -0.964. The number of hydrogen-bond donors (Lipinski definition) is 0. The number of benzene rings is 1. The normalized spacial score (nSPS) is 10.1. The highest BCUT2D eigenvalue weighted by Crippen LogP contribution is 2.22. The minimum Gasteiger partial charge on any atom is -0.463 e. The second-order valence-corrected chi connectivity index (χ2v) is 3.22. The molecule has 0 saturated carbocycles. The van der Waals surface area contributed by atoms with Crippen LogP contribution in [0.5, 0.6) is 0 Å². The molecule has 0 aliphatic rings. The summed E-state index contributed by atoms with van der Waals surface area (Å²) in [4.78, 5) is 25.0. The fraction of sp³-hybridized carbons (Fsp3) is 0.100. The molecule has 0 aliphatic carbocycles. The number of hydrogen-bond acceptors (Lipinski definition) is 7. The van der Waals surface area contributed by atoms with Crippen LogP contribution >= 0.6 is 0 Å². The van der Waals surface area contributed by atoms with E-state index >= 15 is 0 Å². The summed E-state index contributed by atoms with van der Waals surface area (Å²) in [6.45, 7) is 0. The highest BCUT2D eigenvalue weighted by atomic mass is 16.6. The second-order valence-electron chi connectivity index (χ2n) is 3.22. The van der Waals surface area contributed by atoms with Crippen molar-refractivity contribution in [2.45, 2.75) is 0 Å². The first-order valence-corrected chi connectivity index (χ1v) is 4.78. The third-order valence-electron chi connectivity index (χ3n) is 2.10. The second kappa shape index (κ2) is 4.62. The lowest BCUT2D eigenvalue weighted by Crippen LogP contribution is -2.03. The molecule has 0 N–H and O–H groups in total. The van der Waals surface area contributed by atoms with E-state index in [-0.39, 0.29) is 17.4 Å². The Kier molecular flexibility index (Phi) is 3.00. The van der Waals surface area contributed by atoms with E-state index in [9.17, 15) is 14.9 Å². The molecule has 0 atom stereocenters. The Labute approximate surface area is 100 Å². The van der Waals surface area contributed by atoms with Gasteiger partial charge >= 0.3 is 5.97 Å². The van der Waals surface area contributed by atoms with Crippen molar-refractivity contribution in [3.8, 4) is 11.5 Å². The number of ether oxygens (including phenoxy) is 1. The van der Waals surface area contributed by atoms with E-state index in [1.165, 1.54) is 25.3 Å². The number of rotatable bonds is 3. The van der Waals surface area contributed by atoms with Gasteiger partial charge in [0.15, 0.2) is 0 Å². The van der Waals surface area contributed by atoms with Crippen molar-refractivity contribution >= 4 is 11.7 Å². The van der Waals surface area contributed by atoms with Crippen molar-refractivity contribution in [1.82, 2.24) is 10.1 Å². The van der Waals surface area contributed by atoms with Gasteiger partial charge in [-0.15, -0.1) is 0 Å². The first-order chi connectivity index (χ1) is 8.61. The lowest BCUT2D eigenvalue weighted by molar-refractivity contribution is -0.384. The summed E-state index contributed by atoms with van der Waals surface area (Å²) in [5.41, 5.74) is 0.247. The van der Waals surface area contributed by atoms with Gasteiger partial charge in [-0.25, -0.2) is 4.79 Å². The molecule has 92 valence electrons. The van der Waals surface area contributed by atoms with E-state index in [4.69, 9.17) is 4.52 Å². The third-order valence-corrected chi connectivity index (χ3v) is 2.10. The first-order valence-electron chi connectivity index (χ1n) is 4.78. The molecule has 18 heavy (non-hydrogen) atoms. The fourth-order valence-electron chi connectivity index (χ4n) is 1.27. The highest BCUT2D eigenvalue weighted by Gasteiger charge is 2.17. The summed E-state index contributed by atoms with van der Waals surface area (Å²) in [7, 11) is 1.19. The van der Waals surface area contributed by atoms with Crippen LogP contribution in [0, 0.1) is 10.1 Å². The summed E-state index contributed by atoms with van der Waals surface area (Å²) in [6.07, 6.45) is 0. The van der Waals surface area contributed by atoms with Crippen LogP contribution in [0.4, 0.5) is 5.69 Å². The van der Waals surface area contributed by atoms with Crippen LogP contribution in [0.1, 0.15) is 10.6 Å². The Bertz CT molecular complexity index is 607. The standard InChI is InChI=1S/C10H7N3O5/c1-17-10(14)8-11-9(18-12-8)6-3-2-4-7(5-6)13(15)16/h2-5H,1H3. The number of esters is 1. The Morgan fingerprint density at radius 1 is 1.50 bits per heavy atom. The summed E-state index contributed by atoms with van der Waals surface area (Å²) in [5, 5.41) is 14.0. The maximum absolute atomic E-state index is 11.1. The molecule has 1 aromatic carbocycles. The molecule has 0 spiro atoms. The molecule has 0 aliphatic heterocycles. The molecule has 1 aromatic heterocycles. The number of carbonyl (C=O) groups excluding carboxylic acids is 1. The van der Waals surface area contributed by atoms with Crippen LogP contribution in [0.25, 0.3) is 11.5 Å². The Hall–Kier alpha value is -2.77. The van der Waals surface area contributed by atoms with Gasteiger partial charge in [-0.3, -0.25) is 10.1 Å². The number of non-ortho nitro benzene ring substituents is 1. The quantitative estimate of drug-likeness (QED) is 0.459. The first kappa shape index (κ1) is 11.7. The van der Waals surface area contributed by atoms with Crippen molar-refractivity contribution in [3.05, 3.63) is 40.2 Å². The van der Waals surface area contributed by atoms with Crippen LogP contribution in [0.2, 0.25) is 0 Å². The van der Waals surface area contributed by atoms with Crippen LogP contribution in [0.15, 0.2) is 28.8 Å². The number of methoxy groups -OCH3 is 1. The monoisotopic (exact) mass is 249 g/mol. The lowest BCUT2D eigenvalue weighted by atomic mass is 10.2. The number of nitro groups is 1. The average molecular weight is 249 g/mol. The summed E-state index contributed by atoms with van der Waals surface area (Å²) < 4.78 is 9.24. The smallest absolute Gasteiger partial charge is 0.379 e. The van der Waals surface area contributed by atoms with Gasteiger partial charge < -0.3 is 9.26 Å². The highest BCUT2D eigenvalue weighted by molar-refractivity contribution is 5.85. The average Bonchev–Trinajstić information content (AvgIpc) is 2.87. The van der Waals surface area contributed by atoms with Crippen LogP contribution in [0.3, 0.4) is 0 Å². The zero-order valence-electron chi connectivity index (χ0n) is 9.19. The Morgan fingerprint density at radius 3 is 2.94 bits per heavy atom. The van der Waals surface area contributed by atoms with Gasteiger partial charge in [0.1, 0.15) is 0 Å².